The summed E-state index contributed by atoms with van der Waals surface area (Å²) < 4.78 is 0. The summed E-state index contributed by atoms with van der Waals surface area (Å²) in [6, 6.07) is 5.61. The Morgan fingerprint density at radius 2 is 1.86 bits per heavy atom. The first-order valence-electron chi connectivity index (χ1n) is 4.60. The molecule has 0 fully saturated rings. The minimum absolute atomic E-state index is 0.0185. The monoisotopic (exact) mass is 190 g/mol. The zero-order valence-corrected chi connectivity index (χ0v) is 8.76. The normalized spacial score (nSPS) is 9.93. The second-order valence-electron chi connectivity index (χ2n) is 3.60. The Morgan fingerprint density at radius 1 is 1.21 bits per heavy atom. The van der Waals surface area contributed by atoms with Crippen molar-refractivity contribution in [2.75, 3.05) is 0 Å². The van der Waals surface area contributed by atoms with Crippen molar-refractivity contribution in [2.45, 2.75) is 27.2 Å². The Hall–Kier alpha value is -1.44. The highest BCUT2D eigenvalue weighted by atomic mass is 16.1. The van der Waals surface area contributed by atoms with E-state index in [1.54, 1.807) is 0 Å². The Kier molecular flexibility index (Phi) is 3.18. The fourth-order valence-corrected chi connectivity index (χ4v) is 1.44. The minimum atomic E-state index is 0.0185. The molecule has 0 saturated carbocycles. The fraction of sp³-hybridized carbons (Fsp3) is 0.333. The van der Waals surface area contributed by atoms with Gasteiger partial charge in [-0.15, -0.1) is 0 Å². The van der Waals surface area contributed by atoms with Gasteiger partial charge in [0.05, 0.1) is 0 Å². The van der Waals surface area contributed by atoms with Crippen LogP contribution in [-0.4, -0.2) is 11.6 Å². The van der Waals surface area contributed by atoms with Gasteiger partial charge in [0.1, 0.15) is 5.78 Å². The third kappa shape index (κ3) is 2.52. The third-order valence-electron chi connectivity index (χ3n) is 2.08. The van der Waals surface area contributed by atoms with E-state index in [1.807, 2.05) is 25.1 Å². The Labute approximate surface area is 83.9 Å². The molecule has 0 spiro atoms. The number of aryl methyl sites for hydroxylation is 1. The fourth-order valence-electron chi connectivity index (χ4n) is 1.44. The van der Waals surface area contributed by atoms with Gasteiger partial charge in [-0.25, -0.2) is 0 Å². The second kappa shape index (κ2) is 4.18. The number of ketones is 2. The number of carbonyl (C=O) groups is 2. The molecule has 1 aromatic rings. The number of rotatable bonds is 3. The summed E-state index contributed by atoms with van der Waals surface area (Å²) in [7, 11) is 0. The lowest BCUT2D eigenvalue weighted by Gasteiger charge is -2.05. The first-order valence-corrected chi connectivity index (χ1v) is 4.60. The summed E-state index contributed by atoms with van der Waals surface area (Å²) in [4.78, 5) is 22.3. The van der Waals surface area contributed by atoms with E-state index in [1.165, 1.54) is 13.8 Å². The number of Topliss-reactive ketones (excluding diaryl/α,β-unsaturated/α-hetero) is 2. The molecule has 0 aliphatic rings. The summed E-state index contributed by atoms with van der Waals surface area (Å²) in [5, 5.41) is 0. The first kappa shape index (κ1) is 10.6. The molecular formula is C12H14O2. The lowest BCUT2D eigenvalue weighted by Crippen LogP contribution is -2.04. The quantitative estimate of drug-likeness (QED) is 0.685. The summed E-state index contributed by atoms with van der Waals surface area (Å²) in [6.07, 6.45) is 0.342. The molecule has 14 heavy (non-hydrogen) atoms. The number of benzene rings is 1. The van der Waals surface area contributed by atoms with Gasteiger partial charge in [-0.05, 0) is 32.4 Å². The van der Waals surface area contributed by atoms with Crippen LogP contribution in [0.5, 0.6) is 0 Å². The zero-order valence-electron chi connectivity index (χ0n) is 8.76. The zero-order chi connectivity index (χ0) is 10.7. The van der Waals surface area contributed by atoms with E-state index in [-0.39, 0.29) is 11.6 Å². The van der Waals surface area contributed by atoms with Crippen LogP contribution in [0.3, 0.4) is 0 Å². The lowest BCUT2D eigenvalue weighted by atomic mass is 9.98. The van der Waals surface area contributed by atoms with Gasteiger partial charge in [0, 0.05) is 12.0 Å². The number of carbonyl (C=O) groups excluding carboxylic acids is 2. The smallest absolute Gasteiger partial charge is 0.160 e. The molecule has 2 heteroatoms. The van der Waals surface area contributed by atoms with Gasteiger partial charge >= 0.3 is 0 Å². The van der Waals surface area contributed by atoms with E-state index in [2.05, 4.69) is 0 Å². The highest BCUT2D eigenvalue weighted by Gasteiger charge is 2.08. The third-order valence-corrected chi connectivity index (χ3v) is 2.08. The summed E-state index contributed by atoms with van der Waals surface area (Å²) in [6.45, 7) is 4.99. The van der Waals surface area contributed by atoms with Crippen LogP contribution in [0.4, 0.5) is 0 Å². The van der Waals surface area contributed by atoms with Crippen LogP contribution in [0, 0.1) is 6.92 Å². The molecule has 1 rings (SSSR count). The van der Waals surface area contributed by atoms with Gasteiger partial charge in [-0.1, -0.05) is 17.7 Å². The summed E-state index contributed by atoms with van der Waals surface area (Å²) in [5.41, 5.74) is 2.54. The first-order chi connectivity index (χ1) is 6.50. The minimum Gasteiger partial charge on any atom is -0.300 e. The van der Waals surface area contributed by atoms with Gasteiger partial charge in [-0.2, -0.15) is 0 Å². The number of hydrogen-bond donors (Lipinski definition) is 0. The van der Waals surface area contributed by atoms with Crippen LogP contribution in [0.2, 0.25) is 0 Å². The Bertz CT molecular complexity index is 378. The molecular weight excluding hydrogens is 176 g/mol. The van der Waals surface area contributed by atoms with E-state index < -0.39 is 0 Å². The van der Waals surface area contributed by atoms with Crippen molar-refractivity contribution in [3.05, 3.63) is 34.9 Å². The van der Waals surface area contributed by atoms with Crippen LogP contribution in [-0.2, 0) is 11.2 Å². The predicted octanol–water partition coefficient (Wildman–Crippen LogP) is 2.33. The van der Waals surface area contributed by atoms with E-state index in [9.17, 15) is 9.59 Å². The van der Waals surface area contributed by atoms with Crippen molar-refractivity contribution in [1.82, 2.24) is 0 Å². The molecule has 74 valence electrons. The molecule has 0 aliphatic heterocycles. The van der Waals surface area contributed by atoms with E-state index in [0.717, 1.165) is 11.1 Å². The Balaban J connectivity index is 3.14. The maximum Gasteiger partial charge on any atom is 0.160 e. The molecule has 0 atom stereocenters. The van der Waals surface area contributed by atoms with E-state index in [0.29, 0.717) is 12.0 Å². The van der Waals surface area contributed by atoms with Gasteiger partial charge in [0.15, 0.2) is 5.78 Å². The highest BCUT2D eigenvalue weighted by Crippen LogP contribution is 2.13. The molecule has 0 amide bonds. The SMILES string of the molecule is CC(=O)Cc1ccc(C)cc1C(C)=O. The van der Waals surface area contributed by atoms with Gasteiger partial charge in [0.25, 0.3) is 0 Å². The van der Waals surface area contributed by atoms with Crippen LogP contribution >= 0.6 is 0 Å². The van der Waals surface area contributed by atoms with Gasteiger partial charge < -0.3 is 0 Å². The van der Waals surface area contributed by atoms with Gasteiger partial charge in [0.2, 0.25) is 0 Å². The van der Waals surface area contributed by atoms with Crippen LogP contribution in [0.15, 0.2) is 18.2 Å². The van der Waals surface area contributed by atoms with Crippen molar-refractivity contribution >= 4 is 11.6 Å². The summed E-state index contributed by atoms with van der Waals surface area (Å²) >= 11 is 0. The molecule has 1 aromatic carbocycles. The molecule has 0 radical (unpaired) electrons. The van der Waals surface area contributed by atoms with Crippen molar-refractivity contribution in [3.63, 3.8) is 0 Å². The average Bonchev–Trinajstić information content (AvgIpc) is 2.07. The molecule has 0 unspecified atom stereocenters. The van der Waals surface area contributed by atoms with Crippen LogP contribution in [0.25, 0.3) is 0 Å². The summed E-state index contributed by atoms with van der Waals surface area (Å²) in [5.74, 6) is 0.0984. The topological polar surface area (TPSA) is 34.1 Å². The molecule has 0 aliphatic carbocycles. The maximum atomic E-state index is 11.3. The molecule has 0 N–H and O–H groups in total. The highest BCUT2D eigenvalue weighted by molar-refractivity contribution is 5.97. The molecule has 0 saturated heterocycles. The van der Waals surface area contributed by atoms with Crippen molar-refractivity contribution < 1.29 is 9.59 Å². The Morgan fingerprint density at radius 3 is 2.36 bits per heavy atom. The van der Waals surface area contributed by atoms with Crippen molar-refractivity contribution in [1.29, 1.82) is 0 Å². The molecule has 0 heterocycles. The standard InChI is InChI=1S/C12H14O2/c1-8-4-5-11(7-9(2)13)12(6-8)10(3)14/h4-6H,7H2,1-3H3. The second-order valence-corrected chi connectivity index (χ2v) is 3.60. The lowest BCUT2D eigenvalue weighted by molar-refractivity contribution is -0.116. The van der Waals surface area contributed by atoms with E-state index >= 15 is 0 Å². The molecule has 0 bridgehead atoms. The molecule has 0 aromatic heterocycles. The van der Waals surface area contributed by atoms with E-state index in [4.69, 9.17) is 0 Å². The number of hydrogen-bond acceptors (Lipinski definition) is 2. The van der Waals surface area contributed by atoms with Gasteiger partial charge in [-0.3, -0.25) is 9.59 Å². The molecule has 2 nitrogen and oxygen atoms in total. The predicted molar refractivity (Wildman–Crippen MR) is 55.6 cm³/mol. The average molecular weight is 190 g/mol. The van der Waals surface area contributed by atoms with Crippen LogP contribution in [0.1, 0.15) is 35.3 Å². The van der Waals surface area contributed by atoms with Crippen molar-refractivity contribution in [3.8, 4) is 0 Å². The van der Waals surface area contributed by atoms with Crippen molar-refractivity contribution in [2.24, 2.45) is 0 Å². The maximum absolute atomic E-state index is 11.3. The van der Waals surface area contributed by atoms with Crippen LogP contribution < -0.4 is 0 Å². The largest absolute Gasteiger partial charge is 0.300 e.